The smallest absolute Gasteiger partial charge is 0.475 e. The van der Waals surface area contributed by atoms with Crippen LogP contribution < -0.4 is 10.4 Å². The van der Waals surface area contributed by atoms with Crippen LogP contribution in [0.15, 0.2) is 29.4 Å². The molecule has 0 aliphatic heterocycles. The van der Waals surface area contributed by atoms with Crippen molar-refractivity contribution in [2.75, 3.05) is 0 Å². The summed E-state index contributed by atoms with van der Waals surface area (Å²) < 4.78 is 0. The number of hydrogen-bond acceptors (Lipinski definition) is 4. The van der Waals surface area contributed by atoms with Crippen molar-refractivity contribution >= 4 is 23.3 Å². The van der Waals surface area contributed by atoms with E-state index in [9.17, 15) is 9.59 Å². The second-order valence-electron chi connectivity index (χ2n) is 3.08. The van der Waals surface area contributed by atoms with Crippen molar-refractivity contribution in [2.45, 2.75) is 0 Å². The molecule has 2 N–H and O–H groups in total. The van der Waals surface area contributed by atoms with Crippen LogP contribution in [0.1, 0.15) is 0 Å². The van der Waals surface area contributed by atoms with Crippen molar-refractivity contribution in [3.8, 4) is 0 Å². The monoisotopic (exact) mass is 246 g/mol. The average Bonchev–Trinajstić information content (AvgIpc) is 2.32. The van der Waals surface area contributed by atoms with Gasteiger partial charge in [0.1, 0.15) is 5.70 Å². The fraction of sp³-hybridized carbons (Fsp3) is 0. The molecule has 90 valence electrons. The average molecular weight is 246 g/mol. The summed E-state index contributed by atoms with van der Waals surface area (Å²) >= 11 is 0. The van der Waals surface area contributed by atoms with Crippen LogP contribution >= 0.6 is 0 Å². The fourth-order valence-electron chi connectivity index (χ4n) is 1.23. The van der Waals surface area contributed by atoms with Crippen LogP contribution in [0.25, 0.3) is 21.9 Å². The van der Waals surface area contributed by atoms with Crippen molar-refractivity contribution in [1.29, 1.82) is 5.39 Å². The maximum Gasteiger partial charge on any atom is 0.475 e. The lowest BCUT2D eigenvalue weighted by Crippen LogP contribution is -2.17. The van der Waals surface area contributed by atoms with Crippen molar-refractivity contribution in [3.05, 3.63) is 45.2 Å². The molecule has 0 saturated heterocycles. The van der Waals surface area contributed by atoms with Gasteiger partial charge in [0.25, 0.3) is 0 Å². The summed E-state index contributed by atoms with van der Waals surface area (Å²) in [6.45, 7) is 0. The number of diazo groups is 1. The van der Waals surface area contributed by atoms with Crippen LogP contribution in [0.4, 0.5) is 0 Å². The van der Waals surface area contributed by atoms with Gasteiger partial charge in [-0.2, -0.15) is 0 Å². The SMILES string of the molecule is N#[N+]C(C(=O)O)=c1ccc(=C(N=[N-])C(=O)O)cc1. The van der Waals surface area contributed by atoms with E-state index >= 15 is 0 Å². The summed E-state index contributed by atoms with van der Waals surface area (Å²) in [5.74, 6) is -2.86. The number of carboxylic acid groups (broad SMARTS) is 2. The third kappa shape index (κ3) is 2.53. The van der Waals surface area contributed by atoms with E-state index in [4.69, 9.17) is 21.1 Å². The van der Waals surface area contributed by atoms with Crippen molar-refractivity contribution in [3.63, 3.8) is 0 Å². The lowest BCUT2D eigenvalue weighted by molar-refractivity contribution is -0.131. The molecule has 0 fully saturated rings. The summed E-state index contributed by atoms with van der Waals surface area (Å²) in [4.78, 5) is 23.9. The molecule has 8 nitrogen and oxygen atoms in total. The molecule has 0 bridgehead atoms. The van der Waals surface area contributed by atoms with E-state index < -0.39 is 23.3 Å². The Morgan fingerprint density at radius 1 is 1.11 bits per heavy atom. The molecule has 0 saturated carbocycles. The molecule has 0 aliphatic carbocycles. The molecule has 0 amide bonds. The van der Waals surface area contributed by atoms with E-state index in [1.807, 2.05) is 0 Å². The third-order valence-corrected chi connectivity index (χ3v) is 2.04. The van der Waals surface area contributed by atoms with Crippen molar-refractivity contribution in [1.82, 2.24) is 0 Å². The van der Waals surface area contributed by atoms with Gasteiger partial charge in [-0.15, -0.1) is 0 Å². The normalized spacial score (nSPS) is 9.06. The molecule has 0 atom stereocenters. The molecule has 0 aliphatic rings. The van der Waals surface area contributed by atoms with E-state index in [1.165, 1.54) is 24.3 Å². The minimum atomic E-state index is -1.43. The van der Waals surface area contributed by atoms with Crippen molar-refractivity contribution < 1.29 is 19.8 Å². The Bertz CT molecular complexity index is 663. The van der Waals surface area contributed by atoms with Gasteiger partial charge in [0, 0.05) is 5.22 Å². The Kier molecular flexibility index (Phi) is 3.83. The van der Waals surface area contributed by atoms with Gasteiger partial charge in [-0.05, 0) is 12.1 Å². The number of hydrogen-bond donors (Lipinski definition) is 2. The van der Waals surface area contributed by atoms with Crippen LogP contribution in [-0.4, -0.2) is 22.2 Å². The van der Waals surface area contributed by atoms with Crippen molar-refractivity contribution in [2.24, 2.45) is 5.11 Å². The summed E-state index contributed by atoms with van der Waals surface area (Å²) in [7, 11) is 0. The maximum atomic E-state index is 10.7. The zero-order valence-corrected chi connectivity index (χ0v) is 8.81. The summed E-state index contributed by atoms with van der Waals surface area (Å²) in [6.07, 6.45) is 0. The largest absolute Gasteiger partial charge is 0.706 e. The van der Waals surface area contributed by atoms with Gasteiger partial charge in [0.15, 0.2) is 4.98 Å². The van der Waals surface area contributed by atoms with Gasteiger partial charge in [-0.1, -0.05) is 12.1 Å². The Morgan fingerprint density at radius 2 is 1.61 bits per heavy atom. The summed E-state index contributed by atoms with van der Waals surface area (Å²) in [5, 5.41) is 28.7. The molecule has 1 aromatic rings. The first-order valence-electron chi connectivity index (χ1n) is 4.52. The predicted octanol–water partition coefficient (Wildman–Crippen LogP) is -0.0531. The van der Waals surface area contributed by atoms with Crippen LogP contribution in [-0.2, 0) is 9.59 Å². The molecule has 8 heteroatoms. The van der Waals surface area contributed by atoms with Gasteiger partial charge in [0.05, 0.1) is 5.22 Å². The summed E-state index contributed by atoms with van der Waals surface area (Å²) in [6, 6.07) is 4.92. The number of nitrogens with zero attached hydrogens (tertiary/aromatic N) is 4. The Morgan fingerprint density at radius 3 is 1.94 bits per heavy atom. The number of benzene rings is 1. The van der Waals surface area contributed by atoms with Gasteiger partial charge >= 0.3 is 17.6 Å². The quantitative estimate of drug-likeness (QED) is 0.568. The van der Waals surface area contributed by atoms with E-state index in [0.717, 1.165) is 0 Å². The molecule has 0 radical (unpaired) electrons. The van der Waals surface area contributed by atoms with Crippen LogP contribution in [0.5, 0.6) is 0 Å². The zero-order valence-electron chi connectivity index (χ0n) is 8.81. The first-order chi connectivity index (χ1) is 8.51. The van der Waals surface area contributed by atoms with Gasteiger partial charge < -0.3 is 20.9 Å². The number of rotatable bonds is 3. The Balaban J connectivity index is 3.58. The fourth-order valence-corrected chi connectivity index (χ4v) is 1.23. The topological polar surface area (TPSA) is 137 Å². The first-order valence-corrected chi connectivity index (χ1v) is 4.52. The Hall–Kier alpha value is -3.08. The molecule has 0 heterocycles. The maximum absolute atomic E-state index is 10.7. The molecule has 0 spiro atoms. The highest BCUT2D eigenvalue weighted by Gasteiger charge is 2.21. The van der Waals surface area contributed by atoms with Gasteiger partial charge in [-0.3, -0.25) is 0 Å². The Labute approximate surface area is 99.6 Å². The second-order valence-corrected chi connectivity index (χ2v) is 3.08. The van der Waals surface area contributed by atoms with E-state index in [2.05, 4.69) is 10.1 Å². The molecular weight excluding hydrogens is 240 g/mol. The standard InChI is InChI=1S/C10H6N4O4/c11-13-7(9(15)16)5-1-2-6(4-3-5)8(14-12)10(17)18/h1-4H,(H,15,16)(H,17,18). The van der Waals surface area contributed by atoms with Crippen LogP contribution in [0.2, 0.25) is 0 Å². The van der Waals surface area contributed by atoms with Crippen LogP contribution in [0.3, 0.4) is 0 Å². The molecule has 18 heavy (non-hydrogen) atoms. The molecule has 0 unspecified atom stereocenters. The number of aliphatic carboxylic acids is 2. The zero-order chi connectivity index (χ0) is 13.7. The highest BCUT2D eigenvalue weighted by atomic mass is 16.4. The lowest BCUT2D eigenvalue weighted by atomic mass is 10.2. The van der Waals surface area contributed by atoms with E-state index in [0.29, 0.717) is 0 Å². The van der Waals surface area contributed by atoms with Gasteiger partial charge in [0.2, 0.25) is 5.39 Å². The highest BCUT2D eigenvalue weighted by molar-refractivity contribution is 6.11. The van der Waals surface area contributed by atoms with Crippen LogP contribution in [0, 0.1) is 5.39 Å². The number of carboxylic acids is 2. The van der Waals surface area contributed by atoms with E-state index in [-0.39, 0.29) is 10.4 Å². The minimum absolute atomic E-state index is 0.0800. The summed E-state index contributed by atoms with van der Waals surface area (Å²) in [5.41, 5.74) is 7.34. The minimum Gasteiger partial charge on any atom is -0.706 e. The second kappa shape index (κ2) is 5.31. The first kappa shape index (κ1) is 13.0. The molecule has 0 aromatic heterocycles. The van der Waals surface area contributed by atoms with E-state index in [1.54, 1.807) is 0 Å². The number of carbonyl (C=O) groups is 2. The molecular formula is C10H6N4O4. The third-order valence-electron chi connectivity index (χ3n) is 2.04. The lowest BCUT2D eigenvalue weighted by Gasteiger charge is -1.97. The van der Waals surface area contributed by atoms with Gasteiger partial charge in [-0.25, -0.2) is 9.59 Å². The molecule has 1 aromatic carbocycles. The highest BCUT2D eigenvalue weighted by Crippen LogP contribution is 1.96. The molecule has 1 rings (SSSR count). The predicted molar refractivity (Wildman–Crippen MR) is 58.7 cm³/mol.